The van der Waals surface area contributed by atoms with Gasteiger partial charge in [-0.15, -0.1) is 0 Å². The van der Waals surface area contributed by atoms with Crippen LogP contribution in [0.1, 0.15) is 35.7 Å². The van der Waals surface area contributed by atoms with Gasteiger partial charge in [-0.1, -0.05) is 31.2 Å². The molecule has 13 heavy (non-hydrogen) atoms. The summed E-state index contributed by atoms with van der Waals surface area (Å²) < 4.78 is 0. The van der Waals surface area contributed by atoms with Crippen molar-refractivity contribution in [2.24, 2.45) is 0 Å². The van der Waals surface area contributed by atoms with E-state index < -0.39 is 0 Å². The molecule has 0 bridgehead atoms. The maximum atomic E-state index is 10.9. The molecular weight excluding hydrogens is 164 g/mol. The van der Waals surface area contributed by atoms with E-state index in [2.05, 4.69) is 0 Å². The van der Waals surface area contributed by atoms with Crippen molar-refractivity contribution in [2.75, 3.05) is 0 Å². The lowest BCUT2D eigenvalue weighted by Gasteiger charge is -2.03. The molecule has 0 fully saturated rings. The number of hydrogen-bond donors (Lipinski definition) is 0. The van der Waals surface area contributed by atoms with Gasteiger partial charge in [-0.25, -0.2) is 0 Å². The quantitative estimate of drug-likeness (QED) is 0.522. The van der Waals surface area contributed by atoms with Gasteiger partial charge in [-0.3, -0.25) is 4.79 Å². The SMILES string of the molecule is CC(=O)c1ccc(C(C)C=O)cc1. The van der Waals surface area contributed by atoms with Crippen LogP contribution in [0.3, 0.4) is 0 Å². The van der Waals surface area contributed by atoms with Crippen LogP contribution in [-0.4, -0.2) is 12.1 Å². The van der Waals surface area contributed by atoms with Crippen molar-refractivity contribution in [3.63, 3.8) is 0 Å². The molecule has 0 aliphatic carbocycles. The Labute approximate surface area is 77.6 Å². The van der Waals surface area contributed by atoms with Crippen LogP contribution in [0, 0.1) is 0 Å². The molecule has 1 rings (SSSR count). The first kappa shape index (κ1) is 9.65. The molecule has 0 radical (unpaired) electrons. The first-order valence-electron chi connectivity index (χ1n) is 4.21. The number of aldehydes is 1. The smallest absolute Gasteiger partial charge is 0.159 e. The molecule has 0 aromatic heterocycles. The molecule has 1 aromatic rings. The van der Waals surface area contributed by atoms with Gasteiger partial charge < -0.3 is 4.79 Å². The van der Waals surface area contributed by atoms with Gasteiger partial charge in [-0.05, 0) is 12.5 Å². The van der Waals surface area contributed by atoms with Gasteiger partial charge in [0.15, 0.2) is 5.78 Å². The fourth-order valence-electron chi connectivity index (χ4n) is 1.10. The fourth-order valence-corrected chi connectivity index (χ4v) is 1.10. The van der Waals surface area contributed by atoms with E-state index >= 15 is 0 Å². The zero-order valence-corrected chi connectivity index (χ0v) is 7.78. The number of carbonyl (C=O) groups excluding carboxylic acids is 2. The van der Waals surface area contributed by atoms with Gasteiger partial charge in [-0.2, -0.15) is 0 Å². The van der Waals surface area contributed by atoms with E-state index in [4.69, 9.17) is 0 Å². The Kier molecular flexibility index (Phi) is 2.96. The topological polar surface area (TPSA) is 34.1 Å². The van der Waals surface area contributed by atoms with Gasteiger partial charge in [0.05, 0.1) is 0 Å². The molecule has 0 amide bonds. The Morgan fingerprint density at radius 3 is 2.23 bits per heavy atom. The average Bonchev–Trinajstić information content (AvgIpc) is 2.17. The van der Waals surface area contributed by atoms with E-state index in [1.54, 1.807) is 12.1 Å². The highest BCUT2D eigenvalue weighted by Crippen LogP contribution is 2.13. The van der Waals surface area contributed by atoms with E-state index in [0.717, 1.165) is 11.8 Å². The summed E-state index contributed by atoms with van der Waals surface area (Å²) >= 11 is 0. The molecule has 0 aliphatic rings. The van der Waals surface area contributed by atoms with Crippen molar-refractivity contribution >= 4 is 12.1 Å². The van der Waals surface area contributed by atoms with Crippen molar-refractivity contribution in [1.82, 2.24) is 0 Å². The zero-order valence-electron chi connectivity index (χ0n) is 7.78. The molecule has 0 saturated heterocycles. The standard InChI is InChI=1S/C11H12O2/c1-8(7-12)10-3-5-11(6-4-10)9(2)13/h3-8H,1-2H3. The highest BCUT2D eigenvalue weighted by molar-refractivity contribution is 5.94. The first-order chi connectivity index (χ1) is 6.15. The maximum absolute atomic E-state index is 10.9. The third-order valence-electron chi connectivity index (χ3n) is 2.05. The summed E-state index contributed by atoms with van der Waals surface area (Å²) in [4.78, 5) is 21.4. The Balaban J connectivity index is 2.93. The number of hydrogen-bond acceptors (Lipinski definition) is 2. The highest BCUT2D eigenvalue weighted by Gasteiger charge is 2.04. The Morgan fingerprint density at radius 1 is 1.31 bits per heavy atom. The molecule has 0 N–H and O–H groups in total. The summed E-state index contributed by atoms with van der Waals surface area (Å²) in [6, 6.07) is 7.13. The van der Waals surface area contributed by atoms with Crippen LogP contribution in [0.4, 0.5) is 0 Å². The van der Waals surface area contributed by atoms with Crippen LogP contribution in [0.15, 0.2) is 24.3 Å². The molecule has 2 heteroatoms. The zero-order chi connectivity index (χ0) is 9.84. The maximum Gasteiger partial charge on any atom is 0.159 e. The van der Waals surface area contributed by atoms with Crippen LogP contribution in [0.25, 0.3) is 0 Å². The normalized spacial score (nSPS) is 12.2. The van der Waals surface area contributed by atoms with Crippen LogP contribution >= 0.6 is 0 Å². The number of carbonyl (C=O) groups is 2. The van der Waals surface area contributed by atoms with Crippen LogP contribution < -0.4 is 0 Å². The molecule has 0 spiro atoms. The van der Waals surface area contributed by atoms with Crippen molar-refractivity contribution in [3.05, 3.63) is 35.4 Å². The molecule has 1 aromatic carbocycles. The Hall–Kier alpha value is -1.44. The van der Waals surface area contributed by atoms with Crippen LogP contribution in [0.2, 0.25) is 0 Å². The van der Waals surface area contributed by atoms with Gasteiger partial charge in [0.1, 0.15) is 6.29 Å². The van der Waals surface area contributed by atoms with Crippen LogP contribution in [0.5, 0.6) is 0 Å². The summed E-state index contributed by atoms with van der Waals surface area (Å²) in [7, 11) is 0. The minimum atomic E-state index is -0.0963. The van der Waals surface area contributed by atoms with E-state index in [9.17, 15) is 9.59 Å². The average molecular weight is 176 g/mol. The second kappa shape index (κ2) is 3.99. The number of benzene rings is 1. The second-order valence-corrected chi connectivity index (χ2v) is 3.10. The summed E-state index contributed by atoms with van der Waals surface area (Å²) in [5, 5.41) is 0. The minimum absolute atomic E-state index is 0.0466. The number of ketones is 1. The summed E-state index contributed by atoms with van der Waals surface area (Å²) in [5.41, 5.74) is 1.63. The monoisotopic (exact) mass is 176 g/mol. The van der Waals surface area contributed by atoms with Crippen molar-refractivity contribution in [3.8, 4) is 0 Å². The third kappa shape index (κ3) is 2.25. The van der Waals surface area contributed by atoms with Gasteiger partial charge in [0.2, 0.25) is 0 Å². The number of rotatable bonds is 3. The van der Waals surface area contributed by atoms with Crippen molar-refractivity contribution in [2.45, 2.75) is 19.8 Å². The van der Waals surface area contributed by atoms with Crippen molar-refractivity contribution < 1.29 is 9.59 Å². The predicted octanol–water partition coefficient (Wildman–Crippen LogP) is 2.19. The Morgan fingerprint density at radius 2 is 1.85 bits per heavy atom. The van der Waals surface area contributed by atoms with E-state index in [-0.39, 0.29) is 11.7 Å². The van der Waals surface area contributed by atoms with E-state index in [1.165, 1.54) is 6.92 Å². The summed E-state index contributed by atoms with van der Waals surface area (Å²) in [5.74, 6) is -0.0497. The predicted molar refractivity (Wildman–Crippen MR) is 50.9 cm³/mol. The Bertz CT molecular complexity index is 311. The molecule has 68 valence electrons. The fraction of sp³-hybridized carbons (Fsp3) is 0.273. The lowest BCUT2D eigenvalue weighted by atomic mass is 10.0. The molecule has 0 aliphatic heterocycles. The van der Waals surface area contributed by atoms with Gasteiger partial charge in [0.25, 0.3) is 0 Å². The lowest BCUT2D eigenvalue weighted by molar-refractivity contribution is -0.108. The van der Waals surface area contributed by atoms with E-state index in [1.807, 2.05) is 19.1 Å². The minimum Gasteiger partial charge on any atom is -0.303 e. The van der Waals surface area contributed by atoms with Gasteiger partial charge in [0, 0.05) is 11.5 Å². The molecule has 0 heterocycles. The largest absolute Gasteiger partial charge is 0.303 e. The molecule has 1 atom stereocenters. The molecule has 2 nitrogen and oxygen atoms in total. The lowest BCUT2D eigenvalue weighted by Crippen LogP contribution is -1.96. The molecular formula is C11H12O2. The van der Waals surface area contributed by atoms with E-state index in [0.29, 0.717) is 5.56 Å². The molecule has 0 saturated carbocycles. The van der Waals surface area contributed by atoms with Crippen LogP contribution in [-0.2, 0) is 4.79 Å². The first-order valence-corrected chi connectivity index (χ1v) is 4.21. The third-order valence-corrected chi connectivity index (χ3v) is 2.05. The van der Waals surface area contributed by atoms with Gasteiger partial charge >= 0.3 is 0 Å². The summed E-state index contributed by atoms with van der Waals surface area (Å²) in [6.45, 7) is 3.36. The second-order valence-electron chi connectivity index (χ2n) is 3.10. The highest BCUT2D eigenvalue weighted by atomic mass is 16.1. The molecule has 1 unspecified atom stereocenters. The number of Topliss-reactive ketones (excluding diaryl/α,β-unsaturated/α-hetero) is 1. The summed E-state index contributed by atoms with van der Waals surface area (Å²) in [6.07, 6.45) is 0.892. The van der Waals surface area contributed by atoms with Crippen molar-refractivity contribution in [1.29, 1.82) is 0 Å².